The van der Waals surface area contributed by atoms with Crippen molar-refractivity contribution in [2.24, 2.45) is 5.41 Å². The Bertz CT molecular complexity index is 1360. The molecule has 232 valence electrons. The zero-order valence-corrected chi connectivity index (χ0v) is 24.4. The van der Waals surface area contributed by atoms with Gasteiger partial charge >= 0.3 is 12.1 Å². The van der Waals surface area contributed by atoms with Crippen LogP contribution >= 0.6 is 0 Å². The predicted molar refractivity (Wildman–Crippen MR) is 152 cm³/mol. The van der Waals surface area contributed by atoms with Crippen molar-refractivity contribution in [1.29, 1.82) is 0 Å². The summed E-state index contributed by atoms with van der Waals surface area (Å²) in [5.74, 6) is -1.54. The van der Waals surface area contributed by atoms with E-state index in [0.717, 1.165) is 18.6 Å². The third-order valence-corrected chi connectivity index (χ3v) is 7.63. The number of ether oxygens (including phenoxy) is 3. The van der Waals surface area contributed by atoms with Gasteiger partial charge in [0.05, 0.1) is 13.2 Å². The SMILES string of the molecule is CCOC(=O)C(C)(Cc1ccc(OCCC2CN(CC3=CC=CC(C)(C(F)(F)F)C3=O)CN2)cc1)Oc1ccccc1F. The van der Waals surface area contributed by atoms with Crippen LogP contribution in [0.3, 0.4) is 0 Å². The van der Waals surface area contributed by atoms with Crippen LogP contribution in [0.1, 0.15) is 32.8 Å². The number of benzene rings is 2. The molecular weight excluding hydrogens is 568 g/mol. The number of carbonyl (C=O) groups is 2. The minimum atomic E-state index is -4.66. The smallest absolute Gasteiger partial charge is 0.404 e. The Labute approximate surface area is 248 Å². The van der Waals surface area contributed by atoms with Gasteiger partial charge in [0.25, 0.3) is 0 Å². The fourth-order valence-electron chi connectivity index (χ4n) is 5.06. The summed E-state index contributed by atoms with van der Waals surface area (Å²) in [4.78, 5) is 27.3. The van der Waals surface area contributed by atoms with Crippen molar-refractivity contribution in [3.05, 3.63) is 83.7 Å². The fraction of sp³-hybridized carbons (Fsp3) is 0.438. The van der Waals surface area contributed by atoms with Gasteiger partial charge in [-0.1, -0.05) is 42.5 Å². The highest BCUT2D eigenvalue weighted by Crippen LogP contribution is 2.43. The summed E-state index contributed by atoms with van der Waals surface area (Å²) in [6, 6.07) is 13.0. The molecule has 0 radical (unpaired) electrons. The van der Waals surface area contributed by atoms with E-state index in [0.29, 0.717) is 32.0 Å². The summed E-state index contributed by atoms with van der Waals surface area (Å²) < 4.78 is 71.6. The van der Waals surface area contributed by atoms with Crippen LogP contribution in [0.25, 0.3) is 0 Å². The number of ketones is 1. The Balaban J connectivity index is 1.27. The Morgan fingerprint density at radius 2 is 1.86 bits per heavy atom. The molecule has 0 amide bonds. The number of Topliss-reactive ketones (excluding diaryl/α,β-unsaturated/α-hetero) is 1. The molecule has 43 heavy (non-hydrogen) atoms. The molecule has 0 aromatic heterocycles. The van der Waals surface area contributed by atoms with Gasteiger partial charge < -0.3 is 19.5 Å². The van der Waals surface area contributed by atoms with Crippen molar-refractivity contribution in [2.75, 3.05) is 33.0 Å². The third kappa shape index (κ3) is 7.64. The van der Waals surface area contributed by atoms with Gasteiger partial charge in [0, 0.05) is 37.8 Å². The molecular formula is C32H36F4N2O5. The normalized spacial score (nSPS) is 22.2. The molecule has 1 fully saturated rings. The Kier molecular flexibility index (Phi) is 9.96. The second-order valence-electron chi connectivity index (χ2n) is 11.1. The summed E-state index contributed by atoms with van der Waals surface area (Å²) in [7, 11) is 0. The highest BCUT2D eigenvalue weighted by molar-refractivity contribution is 6.03. The van der Waals surface area contributed by atoms with Gasteiger partial charge in [-0.05, 0) is 57.0 Å². The lowest BCUT2D eigenvalue weighted by molar-refractivity contribution is -0.199. The van der Waals surface area contributed by atoms with E-state index >= 15 is 0 Å². The van der Waals surface area contributed by atoms with Crippen molar-refractivity contribution >= 4 is 11.8 Å². The topological polar surface area (TPSA) is 77.1 Å². The molecule has 1 N–H and O–H groups in total. The Morgan fingerprint density at radius 1 is 1.14 bits per heavy atom. The van der Waals surface area contributed by atoms with Gasteiger partial charge in [0.1, 0.15) is 11.2 Å². The number of para-hydroxylation sites is 1. The molecule has 2 aliphatic rings. The average Bonchev–Trinajstić information content (AvgIpc) is 3.40. The first-order valence-corrected chi connectivity index (χ1v) is 14.1. The molecule has 3 unspecified atom stereocenters. The summed E-state index contributed by atoms with van der Waals surface area (Å²) in [5.41, 5.74) is -3.06. The number of alkyl halides is 3. The minimum Gasteiger partial charge on any atom is -0.494 e. The third-order valence-electron chi connectivity index (χ3n) is 7.63. The molecule has 1 saturated heterocycles. The van der Waals surface area contributed by atoms with Crippen molar-refractivity contribution in [2.45, 2.75) is 51.4 Å². The summed E-state index contributed by atoms with van der Waals surface area (Å²) in [6.07, 6.45) is -0.208. The van der Waals surface area contributed by atoms with Gasteiger partial charge in [-0.15, -0.1) is 0 Å². The number of allylic oxidation sites excluding steroid dienone is 3. The molecule has 0 spiro atoms. The monoisotopic (exact) mass is 604 g/mol. The van der Waals surface area contributed by atoms with Crippen molar-refractivity contribution < 1.29 is 41.4 Å². The molecule has 2 aromatic rings. The molecule has 1 aliphatic carbocycles. The van der Waals surface area contributed by atoms with Crippen LogP contribution in [-0.4, -0.2) is 67.4 Å². The van der Waals surface area contributed by atoms with Crippen molar-refractivity contribution in [3.8, 4) is 11.5 Å². The second-order valence-corrected chi connectivity index (χ2v) is 11.1. The van der Waals surface area contributed by atoms with E-state index < -0.39 is 34.8 Å². The number of rotatable bonds is 12. The first-order chi connectivity index (χ1) is 20.3. The maximum absolute atomic E-state index is 14.2. The molecule has 4 rings (SSSR count). The van der Waals surface area contributed by atoms with Gasteiger partial charge in [0.15, 0.2) is 17.3 Å². The number of nitrogens with zero attached hydrogens (tertiary/aromatic N) is 1. The fourth-order valence-corrected chi connectivity index (χ4v) is 5.06. The first-order valence-electron chi connectivity index (χ1n) is 14.1. The molecule has 2 aromatic carbocycles. The lowest BCUT2D eigenvalue weighted by Gasteiger charge is -2.31. The summed E-state index contributed by atoms with van der Waals surface area (Å²) in [6.45, 7) is 5.84. The number of esters is 1. The summed E-state index contributed by atoms with van der Waals surface area (Å²) >= 11 is 0. The minimum absolute atomic E-state index is 0.0453. The van der Waals surface area contributed by atoms with Crippen LogP contribution in [0.5, 0.6) is 11.5 Å². The average molecular weight is 605 g/mol. The van der Waals surface area contributed by atoms with E-state index in [4.69, 9.17) is 14.2 Å². The molecule has 1 heterocycles. The van der Waals surface area contributed by atoms with Crippen molar-refractivity contribution in [3.63, 3.8) is 0 Å². The van der Waals surface area contributed by atoms with Crippen LogP contribution in [0.4, 0.5) is 17.6 Å². The van der Waals surface area contributed by atoms with Gasteiger partial charge in [0.2, 0.25) is 5.60 Å². The van der Waals surface area contributed by atoms with E-state index in [1.54, 1.807) is 44.2 Å². The summed E-state index contributed by atoms with van der Waals surface area (Å²) in [5, 5.41) is 3.31. The maximum Gasteiger partial charge on any atom is 0.404 e. The number of hydrogen-bond acceptors (Lipinski definition) is 7. The van der Waals surface area contributed by atoms with Crippen LogP contribution in [0.2, 0.25) is 0 Å². The van der Waals surface area contributed by atoms with Gasteiger partial charge in [-0.2, -0.15) is 13.2 Å². The number of halogens is 4. The standard InChI is InChI=1S/C32H36F4N2O5/c1-4-41-29(40)31(3,43-27-10-6-5-9-26(27)33)18-22-11-13-25(14-12-22)42-17-15-24-20-38(21-37-24)19-23-8-7-16-30(2,28(23)39)32(34,35)36/h5-14,16,24,37H,4,15,17-21H2,1-3H3. The highest BCUT2D eigenvalue weighted by atomic mass is 19.4. The van der Waals surface area contributed by atoms with Gasteiger partial charge in [-0.25, -0.2) is 9.18 Å². The van der Waals surface area contributed by atoms with Crippen LogP contribution in [-0.2, 0) is 20.7 Å². The molecule has 0 saturated carbocycles. The number of hydrogen-bond donors (Lipinski definition) is 1. The Hall–Kier alpha value is -3.70. The zero-order valence-electron chi connectivity index (χ0n) is 24.4. The van der Waals surface area contributed by atoms with E-state index in [-0.39, 0.29) is 36.9 Å². The molecule has 1 aliphatic heterocycles. The van der Waals surface area contributed by atoms with E-state index in [1.165, 1.54) is 30.4 Å². The first kappa shape index (κ1) is 32.2. The Morgan fingerprint density at radius 3 is 2.53 bits per heavy atom. The van der Waals surface area contributed by atoms with E-state index in [2.05, 4.69) is 5.32 Å². The number of nitrogens with one attached hydrogen (secondary N) is 1. The van der Waals surface area contributed by atoms with Crippen LogP contribution in [0.15, 0.2) is 72.3 Å². The highest BCUT2D eigenvalue weighted by Gasteiger charge is 2.56. The predicted octanol–water partition coefficient (Wildman–Crippen LogP) is 5.40. The second kappa shape index (κ2) is 13.3. The zero-order chi connectivity index (χ0) is 31.3. The van der Waals surface area contributed by atoms with Gasteiger partial charge in [-0.3, -0.25) is 9.69 Å². The van der Waals surface area contributed by atoms with Crippen molar-refractivity contribution in [1.82, 2.24) is 10.2 Å². The molecule has 3 atom stereocenters. The quantitative estimate of drug-likeness (QED) is 0.257. The van der Waals surface area contributed by atoms with Crippen LogP contribution in [0, 0.1) is 11.2 Å². The maximum atomic E-state index is 14.2. The van der Waals surface area contributed by atoms with E-state index in [9.17, 15) is 27.2 Å². The largest absolute Gasteiger partial charge is 0.494 e. The van der Waals surface area contributed by atoms with Crippen LogP contribution < -0.4 is 14.8 Å². The molecule has 0 bridgehead atoms. The number of carbonyl (C=O) groups excluding carboxylic acids is 2. The lowest BCUT2D eigenvalue weighted by Crippen LogP contribution is -2.45. The van der Waals surface area contributed by atoms with E-state index in [1.807, 2.05) is 4.90 Å². The molecule has 7 nitrogen and oxygen atoms in total. The lowest BCUT2D eigenvalue weighted by atomic mass is 9.78. The molecule has 11 heteroatoms.